The van der Waals surface area contributed by atoms with Crippen LogP contribution >= 0.6 is 11.6 Å². The molecule has 1 amide bonds. The van der Waals surface area contributed by atoms with Gasteiger partial charge in [-0.15, -0.1) is 0 Å². The van der Waals surface area contributed by atoms with Crippen LogP contribution in [-0.2, 0) is 35.3 Å². The van der Waals surface area contributed by atoms with Gasteiger partial charge >= 0.3 is 6.18 Å². The van der Waals surface area contributed by atoms with Crippen molar-refractivity contribution in [3.8, 4) is 11.4 Å². The molecule has 1 aliphatic rings. The van der Waals surface area contributed by atoms with E-state index in [9.17, 15) is 27.2 Å². The minimum absolute atomic E-state index is 0.0108. The summed E-state index contributed by atoms with van der Waals surface area (Å²) in [6, 6.07) is 6.99. The van der Waals surface area contributed by atoms with E-state index in [1.54, 1.807) is 13.0 Å². The van der Waals surface area contributed by atoms with Crippen molar-refractivity contribution in [2.45, 2.75) is 51.6 Å². The molecule has 4 rings (SSSR count). The minimum atomic E-state index is -4.91. The number of H-pyrrole nitrogens is 1. The van der Waals surface area contributed by atoms with E-state index < -0.39 is 52.1 Å². The molecule has 0 spiro atoms. The number of halogens is 6. The number of aryl methyl sites for hydroxylation is 1. The smallest absolute Gasteiger partial charge is 0.373 e. The van der Waals surface area contributed by atoms with Gasteiger partial charge in [-0.3, -0.25) is 9.59 Å². The zero-order chi connectivity index (χ0) is 27.6. The summed E-state index contributed by atoms with van der Waals surface area (Å²) < 4.78 is 75.8. The van der Waals surface area contributed by atoms with Crippen LogP contribution in [0.25, 0.3) is 11.4 Å². The lowest BCUT2D eigenvalue weighted by Crippen LogP contribution is -2.42. The topological polar surface area (TPSA) is 84.1 Å². The fourth-order valence-electron chi connectivity index (χ4n) is 4.12. The van der Waals surface area contributed by atoms with Crippen molar-refractivity contribution < 1.29 is 31.5 Å². The summed E-state index contributed by atoms with van der Waals surface area (Å²) in [7, 11) is 0. The van der Waals surface area contributed by atoms with Crippen molar-refractivity contribution in [2.75, 3.05) is 0 Å². The van der Waals surface area contributed by atoms with Crippen LogP contribution in [0.5, 0.6) is 0 Å². The quantitative estimate of drug-likeness (QED) is 0.356. The Balaban J connectivity index is 1.42. The van der Waals surface area contributed by atoms with Crippen LogP contribution in [0.3, 0.4) is 0 Å². The fourth-order valence-corrected chi connectivity index (χ4v) is 4.28. The Labute approximate surface area is 219 Å². The van der Waals surface area contributed by atoms with Gasteiger partial charge in [0, 0.05) is 40.4 Å². The van der Waals surface area contributed by atoms with Crippen LogP contribution in [0.4, 0.5) is 22.0 Å². The molecule has 0 radical (unpaired) electrons. The molecule has 2 aromatic carbocycles. The number of nitrogens with one attached hydrogen (secondary N) is 2. The molecule has 0 aliphatic heterocycles. The Morgan fingerprint density at radius 2 is 1.87 bits per heavy atom. The Hall–Kier alpha value is -3.31. The van der Waals surface area contributed by atoms with Crippen LogP contribution < -0.4 is 10.9 Å². The van der Waals surface area contributed by atoms with Crippen molar-refractivity contribution in [1.82, 2.24) is 15.3 Å². The molecule has 1 aromatic heterocycles. The maximum Gasteiger partial charge on any atom is 0.417 e. The standard InChI is InChI=1S/C26H23ClF5N3O3/c1-2-17-10-21(36)35-24(34-17)22-19(26(30,31)32)6-4-13(23(22)29)11-33-25(37)15-7-18(8-15)38-12-14-3-5-16(27)9-20(14)28/h3-6,9-10,15,18H,2,7-8,11-12H2,1H3,(H,33,37)(H,34,35,36). The summed E-state index contributed by atoms with van der Waals surface area (Å²) in [5, 5.41) is 2.81. The van der Waals surface area contributed by atoms with Crippen molar-refractivity contribution in [3.63, 3.8) is 0 Å². The summed E-state index contributed by atoms with van der Waals surface area (Å²) in [6.45, 7) is 1.30. The third-order valence-electron chi connectivity index (χ3n) is 6.33. The number of carbonyl (C=O) groups is 1. The van der Waals surface area contributed by atoms with Gasteiger partial charge in [-0.05, 0) is 37.5 Å². The lowest BCUT2D eigenvalue weighted by molar-refractivity contribution is -0.137. The van der Waals surface area contributed by atoms with E-state index in [2.05, 4.69) is 15.3 Å². The maximum absolute atomic E-state index is 15.4. The molecule has 1 aliphatic carbocycles. The maximum atomic E-state index is 15.4. The first-order chi connectivity index (χ1) is 18.0. The van der Waals surface area contributed by atoms with Gasteiger partial charge in [-0.25, -0.2) is 13.8 Å². The summed E-state index contributed by atoms with van der Waals surface area (Å²) in [6.07, 6.45) is -4.21. The molecule has 0 unspecified atom stereocenters. The largest absolute Gasteiger partial charge is 0.417 e. The number of carbonyl (C=O) groups excluding carboxylic acids is 1. The Bertz CT molecular complexity index is 1400. The Morgan fingerprint density at radius 3 is 2.53 bits per heavy atom. The van der Waals surface area contributed by atoms with Gasteiger partial charge in [-0.2, -0.15) is 13.2 Å². The van der Waals surface area contributed by atoms with E-state index in [4.69, 9.17) is 16.3 Å². The minimum Gasteiger partial charge on any atom is -0.373 e. The Morgan fingerprint density at radius 1 is 1.16 bits per heavy atom. The number of nitrogens with zero attached hydrogens (tertiary/aromatic N) is 1. The molecule has 0 saturated heterocycles. The van der Waals surface area contributed by atoms with E-state index in [1.165, 1.54) is 12.1 Å². The third-order valence-corrected chi connectivity index (χ3v) is 6.56. The van der Waals surface area contributed by atoms with Crippen LogP contribution in [-0.4, -0.2) is 22.0 Å². The van der Waals surface area contributed by atoms with Gasteiger partial charge in [0.2, 0.25) is 5.91 Å². The number of alkyl halides is 3. The SMILES string of the molecule is CCc1cc(=O)[nH]c(-c2c(C(F)(F)F)ccc(CNC(=O)C3CC(OCc4ccc(Cl)cc4F)C3)c2F)n1. The first kappa shape index (κ1) is 27.7. The zero-order valence-electron chi connectivity index (χ0n) is 20.1. The highest BCUT2D eigenvalue weighted by molar-refractivity contribution is 6.30. The highest BCUT2D eigenvalue weighted by atomic mass is 35.5. The van der Waals surface area contributed by atoms with Gasteiger partial charge in [0.15, 0.2) is 0 Å². The van der Waals surface area contributed by atoms with Crippen molar-refractivity contribution in [3.05, 3.63) is 85.8 Å². The lowest BCUT2D eigenvalue weighted by atomic mass is 9.81. The Kier molecular flexibility index (Phi) is 8.17. The molecule has 1 heterocycles. The predicted octanol–water partition coefficient (Wildman–Crippen LogP) is 5.56. The van der Waals surface area contributed by atoms with Gasteiger partial charge in [0.1, 0.15) is 17.5 Å². The normalized spacial score (nSPS) is 17.2. The molecule has 12 heteroatoms. The second kappa shape index (κ2) is 11.2. The number of aromatic amines is 1. The number of benzene rings is 2. The van der Waals surface area contributed by atoms with E-state index in [1.807, 2.05) is 0 Å². The summed E-state index contributed by atoms with van der Waals surface area (Å²) >= 11 is 5.73. The molecule has 202 valence electrons. The predicted molar refractivity (Wildman–Crippen MR) is 129 cm³/mol. The van der Waals surface area contributed by atoms with E-state index in [0.717, 1.165) is 12.1 Å². The zero-order valence-corrected chi connectivity index (χ0v) is 20.9. The summed E-state index contributed by atoms with van der Waals surface area (Å²) in [4.78, 5) is 30.6. The third kappa shape index (κ3) is 6.21. The molecule has 1 fully saturated rings. The van der Waals surface area contributed by atoms with E-state index in [-0.39, 0.29) is 42.0 Å². The van der Waals surface area contributed by atoms with Gasteiger partial charge < -0.3 is 15.0 Å². The van der Waals surface area contributed by atoms with Gasteiger partial charge in [0.05, 0.1) is 23.8 Å². The second-order valence-electron chi connectivity index (χ2n) is 8.95. The number of hydrogen-bond donors (Lipinski definition) is 2. The monoisotopic (exact) mass is 555 g/mol. The number of aromatic nitrogens is 2. The molecular formula is C26H23ClF5N3O3. The first-order valence-electron chi connectivity index (χ1n) is 11.8. The number of hydrogen-bond acceptors (Lipinski definition) is 4. The fraction of sp³-hybridized carbons (Fsp3) is 0.346. The molecule has 0 atom stereocenters. The van der Waals surface area contributed by atoms with Gasteiger partial charge in [0.25, 0.3) is 5.56 Å². The van der Waals surface area contributed by atoms with E-state index in [0.29, 0.717) is 24.5 Å². The van der Waals surface area contributed by atoms with Crippen LogP contribution in [0, 0.1) is 17.6 Å². The second-order valence-corrected chi connectivity index (χ2v) is 9.39. The molecular weight excluding hydrogens is 533 g/mol. The van der Waals surface area contributed by atoms with Gasteiger partial charge in [-0.1, -0.05) is 30.7 Å². The molecule has 3 aromatic rings. The highest BCUT2D eigenvalue weighted by Crippen LogP contribution is 2.38. The van der Waals surface area contributed by atoms with Crippen LogP contribution in [0.1, 0.15) is 42.1 Å². The summed E-state index contributed by atoms with van der Waals surface area (Å²) in [5.41, 5.74) is -2.55. The lowest BCUT2D eigenvalue weighted by Gasteiger charge is -2.34. The summed E-state index contributed by atoms with van der Waals surface area (Å²) in [5.74, 6) is -3.13. The van der Waals surface area contributed by atoms with Crippen molar-refractivity contribution >= 4 is 17.5 Å². The molecule has 2 N–H and O–H groups in total. The first-order valence-corrected chi connectivity index (χ1v) is 12.2. The van der Waals surface area contributed by atoms with Crippen LogP contribution in [0.15, 0.2) is 41.2 Å². The number of amides is 1. The number of ether oxygens (including phenoxy) is 1. The molecule has 6 nitrogen and oxygen atoms in total. The molecule has 0 bridgehead atoms. The highest BCUT2D eigenvalue weighted by Gasteiger charge is 2.38. The number of rotatable bonds is 8. The average Bonchev–Trinajstić information content (AvgIpc) is 2.82. The molecule has 1 saturated carbocycles. The molecule has 38 heavy (non-hydrogen) atoms. The average molecular weight is 556 g/mol. The van der Waals surface area contributed by atoms with Crippen LogP contribution in [0.2, 0.25) is 5.02 Å². The van der Waals surface area contributed by atoms with Crippen molar-refractivity contribution in [2.24, 2.45) is 5.92 Å². The van der Waals surface area contributed by atoms with Crippen molar-refractivity contribution in [1.29, 1.82) is 0 Å². The van der Waals surface area contributed by atoms with E-state index >= 15 is 4.39 Å².